The molecule has 1 aromatic rings. The summed E-state index contributed by atoms with van der Waals surface area (Å²) in [6.07, 6.45) is 3.06. The van der Waals surface area contributed by atoms with E-state index in [-0.39, 0.29) is 16.9 Å². The van der Waals surface area contributed by atoms with Gasteiger partial charge in [0.1, 0.15) is 10.7 Å². The van der Waals surface area contributed by atoms with E-state index < -0.39 is 10.0 Å². The van der Waals surface area contributed by atoms with E-state index in [1.165, 1.54) is 13.2 Å². The molecule has 1 aromatic heterocycles. The smallest absolute Gasteiger partial charge is 0.241 e. The van der Waals surface area contributed by atoms with Gasteiger partial charge in [-0.05, 0) is 38.9 Å². The van der Waals surface area contributed by atoms with E-state index in [1.54, 1.807) is 12.1 Å². The Kier molecular flexibility index (Phi) is 4.62. The number of anilines is 1. The van der Waals surface area contributed by atoms with Crippen molar-refractivity contribution < 1.29 is 13.5 Å². The van der Waals surface area contributed by atoms with Gasteiger partial charge in [-0.15, -0.1) is 0 Å². The maximum absolute atomic E-state index is 11.6. The molecule has 20 heavy (non-hydrogen) atoms. The molecule has 6 nitrogen and oxygen atoms in total. The summed E-state index contributed by atoms with van der Waals surface area (Å²) in [6.45, 7) is 3.45. The second kappa shape index (κ2) is 6.07. The SMILES string of the molecule is CNS(=O)(=O)c1ccc(N2CCCC(C(C)O)C2)nc1. The molecule has 2 unspecified atom stereocenters. The summed E-state index contributed by atoms with van der Waals surface area (Å²) in [5.41, 5.74) is 0. The van der Waals surface area contributed by atoms with Gasteiger partial charge in [-0.2, -0.15) is 0 Å². The minimum absolute atomic E-state index is 0.160. The van der Waals surface area contributed by atoms with E-state index in [0.717, 1.165) is 31.7 Å². The first-order chi connectivity index (χ1) is 9.44. The Morgan fingerprint density at radius 3 is 2.80 bits per heavy atom. The molecule has 0 amide bonds. The van der Waals surface area contributed by atoms with Crippen molar-refractivity contribution in [3.63, 3.8) is 0 Å². The minimum Gasteiger partial charge on any atom is -0.393 e. The lowest BCUT2D eigenvalue weighted by Crippen LogP contribution is -2.40. The number of aromatic nitrogens is 1. The molecule has 0 saturated carbocycles. The average Bonchev–Trinajstić information content (AvgIpc) is 2.47. The molecule has 0 aromatic carbocycles. The highest BCUT2D eigenvalue weighted by atomic mass is 32.2. The van der Waals surface area contributed by atoms with Gasteiger partial charge in [0.2, 0.25) is 10.0 Å². The number of nitrogens with zero attached hydrogens (tertiary/aromatic N) is 2. The number of hydrogen-bond donors (Lipinski definition) is 2. The number of hydrogen-bond acceptors (Lipinski definition) is 5. The van der Waals surface area contributed by atoms with Crippen LogP contribution in [-0.2, 0) is 10.0 Å². The van der Waals surface area contributed by atoms with Crippen molar-refractivity contribution in [1.82, 2.24) is 9.71 Å². The van der Waals surface area contributed by atoms with Crippen LogP contribution in [0.2, 0.25) is 0 Å². The van der Waals surface area contributed by atoms with Gasteiger partial charge in [-0.1, -0.05) is 0 Å². The van der Waals surface area contributed by atoms with Crippen LogP contribution < -0.4 is 9.62 Å². The van der Waals surface area contributed by atoms with Gasteiger partial charge >= 0.3 is 0 Å². The first-order valence-electron chi connectivity index (χ1n) is 6.76. The molecule has 2 atom stereocenters. The number of aliphatic hydroxyl groups is 1. The lowest BCUT2D eigenvalue weighted by Gasteiger charge is -2.34. The fourth-order valence-corrected chi connectivity index (χ4v) is 3.12. The number of piperidine rings is 1. The van der Waals surface area contributed by atoms with Gasteiger partial charge in [0, 0.05) is 25.2 Å². The Hall–Kier alpha value is -1.18. The van der Waals surface area contributed by atoms with E-state index in [4.69, 9.17) is 0 Å². The van der Waals surface area contributed by atoms with Crippen molar-refractivity contribution in [2.45, 2.75) is 30.8 Å². The molecule has 0 bridgehead atoms. The molecule has 0 spiro atoms. The first-order valence-corrected chi connectivity index (χ1v) is 8.25. The zero-order valence-corrected chi connectivity index (χ0v) is 12.6. The van der Waals surface area contributed by atoms with Gasteiger partial charge in [-0.25, -0.2) is 18.1 Å². The Bertz CT molecular complexity index is 542. The summed E-state index contributed by atoms with van der Waals surface area (Å²) in [6, 6.07) is 3.27. The molecule has 2 heterocycles. The summed E-state index contributed by atoms with van der Waals surface area (Å²) >= 11 is 0. The third-order valence-corrected chi connectivity index (χ3v) is 5.16. The highest BCUT2D eigenvalue weighted by Gasteiger charge is 2.24. The van der Waals surface area contributed by atoms with E-state index in [2.05, 4.69) is 14.6 Å². The molecule has 1 aliphatic heterocycles. The molecule has 0 aliphatic carbocycles. The molecule has 7 heteroatoms. The summed E-state index contributed by atoms with van der Waals surface area (Å²) < 4.78 is 25.5. The van der Waals surface area contributed by atoms with Crippen molar-refractivity contribution in [1.29, 1.82) is 0 Å². The molecule has 2 rings (SSSR count). The van der Waals surface area contributed by atoms with Crippen LogP contribution in [-0.4, -0.2) is 44.7 Å². The zero-order valence-electron chi connectivity index (χ0n) is 11.8. The zero-order chi connectivity index (χ0) is 14.8. The summed E-state index contributed by atoms with van der Waals surface area (Å²) in [4.78, 5) is 6.49. The second-order valence-corrected chi connectivity index (χ2v) is 7.04. The minimum atomic E-state index is -3.44. The molecular formula is C13H21N3O3S. The van der Waals surface area contributed by atoms with E-state index in [1.807, 2.05) is 6.92 Å². The molecule has 112 valence electrons. The van der Waals surface area contributed by atoms with Crippen LogP contribution in [0.15, 0.2) is 23.2 Å². The molecule has 2 N–H and O–H groups in total. The fraction of sp³-hybridized carbons (Fsp3) is 0.615. The van der Waals surface area contributed by atoms with E-state index in [0.29, 0.717) is 0 Å². The van der Waals surface area contributed by atoms with Gasteiger partial charge in [-0.3, -0.25) is 0 Å². The predicted octanol–water partition coefficient (Wildman–Crippen LogP) is 0.587. The van der Waals surface area contributed by atoms with Crippen LogP contribution in [0.4, 0.5) is 5.82 Å². The molecule has 1 saturated heterocycles. The highest BCUT2D eigenvalue weighted by molar-refractivity contribution is 7.89. The molecule has 0 radical (unpaired) electrons. The second-order valence-electron chi connectivity index (χ2n) is 5.15. The number of pyridine rings is 1. The maximum Gasteiger partial charge on any atom is 0.241 e. The van der Waals surface area contributed by atoms with E-state index in [9.17, 15) is 13.5 Å². The topological polar surface area (TPSA) is 82.5 Å². The van der Waals surface area contributed by atoms with E-state index >= 15 is 0 Å². The number of nitrogens with one attached hydrogen (secondary N) is 1. The van der Waals surface area contributed by atoms with Crippen LogP contribution in [0, 0.1) is 5.92 Å². The molecular weight excluding hydrogens is 278 g/mol. The van der Waals surface area contributed by atoms with Crippen LogP contribution >= 0.6 is 0 Å². The number of sulfonamides is 1. The lowest BCUT2D eigenvalue weighted by molar-refractivity contribution is 0.115. The fourth-order valence-electron chi connectivity index (χ4n) is 2.45. The van der Waals surface area contributed by atoms with Gasteiger partial charge in [0.25, 0.3) is 0 Å². The predicted molar refractivity (Wildman–Crippen MR) is 77.1 cm³/mol. The average molecular weight is 299 g/mol. The molecule has 1 fully saturated rings. The third-order valence-electron chi connectivity index (χ3n) is 3.76. The van der Waals surface area contributed by atoms with Crippen LogP contribution in [0.25, 0.3) is 0 Å². The number of rotatable bonds is 4. The van der Waals surface area contributed by atoms with Gasteiger partial charge in [0.15, 0.2) is 0 Å². The summed E-state index contributed by atoms with van der Waals surface area (Å²) in [5, 5.41) is 9.69. The molecule has 1 aliphatic rings. The summed E-state index contributed by atoms with van der Waals surface area (Å²) in [5.74, 6) is 0.997. The third kappa shape index (κ3) is 3.28. The Balaban J connectivity index is 2.14. The lowest BCUT2D eigenvalue weighted by atomic mass is 9.93. The Labute approximate surface area is 119 Å². The van der Waals surface area contributed by atoms with Crippen molar-refractivity contribution in [2.75, 3.05) is 25.0 Å². The van der Waals surface area contributed by atoms with Crippen molar-refractivity contribution >= 4 is 15.8 Å². The number of aliphatic hydroxyl groups excluding tert-OH is 1. The van der Waals surface area contributed by atoms with Gasteiger partial charge < -0.3 is 10.0 Å². The standard InChI is InChI=1S/C13H21N3O3S/c1-10(17)11-4-3-7-16(9-11)13-6-5-12(8-15-13)20(18,19)14-2/h5-6,8,10-11,14,17H,3-4,7,9H2,1-2H3. The van der Waals surface area contributed by atoms with Crippen molar-refractivity contribution in [3.8, 4) is 0 Å². The monoisotopic (exact) mass is 299 g/mol. The van der Waals surface area contributed by atoms with Gasteiger partial charge in [0.05, 0.1) is 6.10 Å². The van der Waals surface area contributed by atoms with Crippen LogP contribution in [0.1, 0.15) is 19.8 Å². The van der Waals surface area contributed by atoms with Crippen LogP contribution in [0.3, 0.4) is 0 Å². The largest absolute Gasteiger partial charge is 0.393 e. The Morgan fingerprint density at radius 2 is 2.25 bits per heavy atom. The highest BCUT2D eigenvalue weighted by Crippen LogP contribution is 2.24. The first kappa shape index (κ1) is 15.2. The van der Waals surface area contributed by atoms with Crippen molar-refractivity contribution in [2.24, 2.45) is 5.92 Å². The summed E-state index contributed by atoms with van der Waals surface area (Å²) in [7, 11) is -2.06. The quantitative estimate of drug-likeness (QED) is 0.850. The van der Waals surface area contributed by atoms with Crippen molar-refractivity contribution in [3.05, 3.63) is 18.3 Å². The maximum atomic E-state index is 11.6. The Morgan fingerprint density at radius 1 is 1.50 bits per heavy atom. The normalized spacial score (nSPS) is 21.8. The van der Waals surface area contributed by atoms with Crippen LogP contribution in [0.5, 0.6) is 0 Å².